The van der Waals surface area contributed by atoms with Gasteiger partial charge in [-0.25, -0.2) is 8.42 Å². The molecular weight excluding hydrogens is 335 g/mol. The van der Waals surface area contributed by atoms with Crippen LogP contribution in [0, 0.1) is 0 Å². The molecule has 10 heteroatoms. The van der Waals surface area contributed by atoms with E-state index in [9.17, 15) is 26.4 Å². The van der Waals surface area contributed by atoms with Crippen LogP contribution in [-0.2, 0) is 28.2 Å². The molecule has 0 saturated carbocycles. The summed E-state index contributed by atoms with van der Waals surface area (Å²) in [6, 6.07) is 5.10. The van der Waals surface area contributed by atoms with Gasteiger partial charge in [-0.15, -0.1) is 0 Å². The fourth-order valence-corrected chi connectivity index (χ4v) is 4.31. The third kappa shape index (κ3) is 2.29. The third-order valence-electron chi connectivity index (χ3n) is 3.47. The van der Waals surface area contributed by atoms with Crippen LogP contribution in [0.3, 0.4) is 0 Å². The first kappa shape index (κ1) is 15.5. The maximum Gasteiger partial charge on any atom is 0.471 e. The SMILES string of the molecule is Cn1ncc2c1S(=O)(=O)c1ccccc1N(C(=O)C(F)(F)F)C2. The zero-order valence-electron chi connectivity index (χ0n) is 11.7. The average Bonchev–Trinajstić information content (AvgIpc) is 2.80. The summed E-state index contributed by atoms with van der Waals surface area (Å²) in [6.45, 7) is -0.530. The van der Waals surface area contributed by atoms with Crippen molar-refractivity contribution in [1.29, 1.82) is 0 Å². The molecule has 2 aromatic rings. The van der Waals surface area contributed by atoms with Crippen molar-refractivity contribution in [3.05, 3.63) is 36.0 Å². The summed E-state index contributed by atoms with van der Waals surface area (Å²) >= 11 is 0. The smallest absolute Gasteiger partial charge is 0.299 e. The Balaban J connectivity index is 2.32. The standard InChI is InChI=1S/C13H10F3N3O3S/c1-18-11-8(6-17-18)7-19(12(20)13(14,15)16)9-4-2-3-5-10(9)23(11,21)22/h2-6H,7H2,1H3. The van der Waals surface area contributed by atoms with Gasteiger partial charge in [-0.3, -0.25) is 14.4 Å². The van der Waals surface area contributed by atoms with E-state index in [1.807, 2.05) is 0 Å². The van der Waals surface area contributed by atoms with Crippen LogP contribution in [0.2, 0.25) is 0 Å². The average molecular weight is 345 g/mol. The van der Waals surface area contributed by atoms with E-state index < -0.39 is 28.5 Å². The van der Waals surface area contributed by atoms with Crippen LogP contribution in [0.15, 0.2) is 40.4 Å². The van der Waals surface area contributed by atoms with E-state index in [1.54, 1.807) is 0 Å². The van der Waals surface area contributed by atoms with Crippen molar-refractivity contribution in [3.63, 3.8) is 0 Å². The van der Waals surface area contributed by atoms with Gasteiger partial charge >= 0.3 is 12.1 Å². The molecule has 2 heterocycles. The van der Waals surface area contributed by atoms with Crippen LogP contribution in [0.1, 0.15) is 5.56 Å². The highest BCUT2D eigenvalue weighted by Crippen LogP contribution is 2.38. The minimum absolute atomic E-state index is 0.0290. The fourth-order valence-electron chi connectivity index (χ4n) is 2.53. The molecule has 1 aromatic carbocycles. The van der Waals surface area contributed by atoms with Crippen molar-refractivity contribution in [2.45, 2.75) is 22.6 Å². The van der Waals surface area contributed by atoms with Crippen LogP contribution in [-0.4, -0.2) is 30.3 Å². The van der Waals surface area contributed by atoms with Crippen molar-refractivity contribution in [1.82, 2.24) is 9.78 Å². The topological polar surface area (TPSA) is 72.3 Å². The molecule has 0 saturated heterocycles. The number of amides is 1. The molecule has 0 aliphatic carbocycles. The molecule has 3 rings (SSSR count). The zero-order chi connectivity index (χ0) is 17.0. The monoisotopic (exact) mass is 345 g/mol. The Kier molecular flexibility index (Phi) is 3.25. The van der Waals surface area contributed by atoms with Gasteiger partial charge in [-0.1, -0.05) is 12.1 Å². The number of carbonyl (C=O) groups is 1. The molecule has 6 nitrogen and oxygen atoms in total. The van der Waals surface area contributed by atoms with Crippen LogP contribution in [0.4, 0.5) is 18.9 Å². The Morgan fingerprint density at radius 1 is 1.26 bits per heavy atom. The fraction of sp³-hybridized carbons (Fsp3) is 0.231. The molecule has 0 spiro atoms. The number of nitrogens with zero attached hydrogens (tertiary/aromatic N) is 3. The van der Waals surface area contributed by atoms with Gasteiger partial charge in [0.1, 0.15) is 0 Å². The zero-order valence-corrected chi connectivity index (χ0v) is 12.5. The normalized spacial score (nSPS) is 16.4. The predicted molar refractivity (Wildman–Crippen MR) is 72.3 cm³/mol. The van der Waals surface area contributed by atoms with Gasteiger partial charge in [0.15, 0.2) is 5.03 Å². The third-order valence-corrected chi connectivity index (χ3v) is 5.43. The summed E-state index contributed by atoms with van der Waals surface area (Å²) in [7, 11) is -2.72. The first-order chi connectivity index (χ1) is 10.6. The Labute approximate surface area is 129 Å². The molecule has 1 amide bonds. The highest BCUT2D eigenvalue weighted by atomic mass is 32.2. The molecule has 0 bridgehead atoms. The number of fused-ring (bicyclic) bond motifs is 2. The molecule has 122 valence electrons. The van der Waals surface area contributed by atoms with Crippen molar-refractivity contribution >= 4 is 21.4 Å². The van der Waals surface area contributed by atoms with E-state index in [-0.39, 0.29) is 21.2 Å². The highest BCUT2D eigenvalue weighted by Gasteiger charge is 2.46. The maximum atomic E-state index is 12.9. The number of rotatable bonds is 0. The molecule has 0 N–H and O–H groups in total. The summed E-state index contributed by atoms with van der Waals surface area (Å²) in [5, 5.41) is 3.56. The van der Waals surface area contributed by atoms with Crippen LogP contribution >= 0.6 is 0 Å². The number of alkyl halides is 3. The minimum atomic E-state index is -5.12. The van der Waals surface area contributed by atoms with Gasteiger partial charge in [0.05, 0.1) is 23.3 Å². The van der Waals surface area contributed by atoms with E-state index in [0.29, 0.717) is 4.90 Å². The lowest BCUT2D eigenvalue weighted by molar-refractivity contribution is -0.170. The molecule has 23 heavy (non-hydrogen) atoms. The molecule has 0 unspecified atom stereocenters. The second kappa shape index (κ2) is 4.82. The number of aryl methyl sites for hydroxylation is 1. The van der Waals surface area contributed by atoms with Crippen LogP contribution in [0.25, 0.3) is 0 Å². The van der Waals surface area contributed by atoms with E-state index >= 15 is 0 Å². The number of anilines is 1. The number of hydrogen-bond donors (Lipinski definition) is 0. The summed E-state index contributed by atoms with van der Waals surface area (Å²) < 4.78 is 65.2. The number of benzene rings is 1. The first-order valence-electron chi connectivity index (χ1n) is 6.37. The predicted octanol–water partition coefficient (Wildman–Crippen LogP) is 1.66. The van der Waals surface area contributed by atoms with Crippen molar-refractivity contribution in [3.8, 4) is 0 Å². The van der Waals surface area contributed by atoms with E-state index in [2.05, 4.69) is 5.10 Å². The van der Waals surface area contributed by atoms with Crippen molar-refractivity contribution in [2.75, 3.05) is 4.90 Å². The number of aromatic nitrogens is 2. The lowest BCUT2D eigenvalue weighted by Gasteiger charge is -2.23. The van der Waals surface area contributed by atoms with E-state index in [1.165, 1.54) is 31.3 Å². The first-order valence-corrected chi connectivity index (χ1v) is 7.86. The number of carbonyl (C=O) groups excluding carboxylic acids is 1. The summed E-state index contributed by atoms with van der Waals surface area (Å²) in [6.07, 6.45) is -3.97. The van der Waals surface area contributed by atoms with Crippen LogP contribution < -0.4 is 4.90 Å². The van der Waals surface area contributed by atoms with Crippen molar-refractivity contribution in [2.24, 2.45) is 7.05 Å². The number of halogens is 3. The molecule has 0 radical (unpaired) electrons. The van der Waals surface area contributed by atoms with Crippen molar-refractivity contribution < 1.29 is 26.4 Å². The second-order valence-electron chi connectivity index (χ2n) is 4.96. The van der Waals surface area contributed by atoms with Gasteiger partial charge in [-0.05, 0) is 12.1 Å². The summed E-state index contributed by atoms with van der Waals surface area (Å²) in [5.41, 5.74) is -0.271. The molecule has 1 aromatic heterocycles. The molecule has 1 aliphatic heterocycles. The minimum Gasteiger partial charge on any atom is -0.299 e. The van der Waals surface area contributed by atoms with Gasteiger partial charge < -0.3 is 0 Å². The van der Waals surface area contributed by atoms with Gasteiger partial charge in [0.25, 0.3) is 0 Å². The van der Waals surface area contributed by atoms with Gasteiger partial charge in [0.2, 0.25) is 9.84 Å². The van der Waals surface area contributed by atoms with Crippen LogP contribution in [0.5, 0.6) is 0 Å². The Morgan fingerprint density at radius 3 is 2.57 bits per heavy atom. The molecule has 1 aliphatic rings. The second-order valence-corrected chi connectivity index (χ2v) is 6.79. The van der Waals surface area contributed by atoms with E-state index in [4.69, 9.17) is 0 Å². The quantitative estimate of drug-likeness (QED) is 0.728. The lowest BCUT2D eigenvalue weighted by atomic mass is 10.2. The largest absolute Gasteiger partial charge is 0.471 e. The lowest BCUT2D eigenvalue weighted by Crippen LogP contribution is -2.40. The summed E-state index contributed by atoms with van der Waals surface area (Å²) in [4.78, 5) is 11.8. The maximum absolute atomic E-state index is 12.9. The van der Waals surface area contributed by atoms with Gasteiger partial charge in [-0.2, -0.15) is 18.3 Å². The number of hydrogen-bond acceptors (Lipinski definition) is 4. The van der Waals surface area contributed by atoms with Gasteiger partial charge in [0, 0.05) is 12.6 Å². The van der Waals surface area contributed by atoms with E-state index in [0.717, 1.165) is 10.9 Å². The molecule has 0 atom stereocenters. The Bertz CT molecular complexity index is 903. The molecule has 0 fully saturated rings. The number of sulfone groups is 1. The highest BCUT2D eigenvalue weighted by molar-refractivity contribution is 7.91. The Hall–Kier alpha value is -2.36. The molecular formula is C13H10F3N3O3S. The summed E-state index contributed by atoms with van der Waals surface area (Å²) in [5.74, 6) is -2.13. The number of para-hydroxylation sites is 1. The Morgan fingerprint density at radius 2 is 1.91 bits per heavy atom.